The molecule has 10 heteroatoms. The number of nitro benzene ring substituents is 1. The second-order valence-electron chi connectivity index (χ2n) is 7.56. The van der Waals surface area contributed by atoms with Gasteiger partial charge in [-0.05, 0) is 29.8 Å². The molecule has 3 aromatic rings. The van der Waals surface area contributed by atoms with E-state index in [-0.39, 0.29) is 35.7 Å². The summed E-state index contributed by atoms with van der Waals surface area (Å²) in [4.78, 5) is 27.9. The van der Waals surface area contributed by atoms with Crippen LogP contribution in [0.5, 0.6) is 0 Å². The lowest BCUT2D eigenvalue weighted by Gasteiger charge is -2.18. The molecule has 0 radical (unpaired) electrons. The van der Waals surface area contributed by atoms with Crippen LogP contribution in [-0.4, -0.2) is 19.0 Å². The summed E-state index contributed by atoms with van der Waals surface area (Å²) in [7, 11) is 0. The molecule has 0 saturated carbocycles. The van der Waals surface area contributed by atoms with E-state index < -0.39 is 27.8 Å². The molecule has 2 aliphatic heterocycles. The number of halogens is 2. The van der Waals surface area contributed by atoms with E-state index in [0.29, 0.717) is 11.3 Å². The molecule has 2 aliphatic rings. The van der Waals surface area contributed by atoms with Crippen molar-refractivity contribution in [1.82, 2.24) is 14.1 Å². The predicted octanol–water partition coefficient (Wildman–Crippen LogP) is 4.42. The van der Waals surface area contributed by atoms with Crippen LogP contribution in [0, 0.1) is 21.7 Å². The summed E-state index contributed by atoms with van der Waals surface area (Å²) in [5.41, 5.74) is -0.443. The first-order chi connectivity index (χ1) is 16.4. The second-order valence-corrected chi connectivity index (χ2v) is 7.56. The molecule has 0 atom stereocenters. The number of hydrogen-bond acceptors (Lipinski definition) is 5. The van der Waals surface area contributed by atoms with Gasteiger partial charge in [0, 0.05) is 24.9 Å². The molecule has 0 amide bonds. The van der Waals surface area contributed by atoms with Gasteiger partial charge in [-0.1, -0.05) is 24.3 Å². The molecule has 2 aromatic carbocycles. The van der Waals surface area contributed by atoms with Gasteiger partial charge in [0.25, 0.3) is 5.56 Å². The van der Waals surface area contributed by atoms with Crippen molar-refractivity contribution in [1.29, 1.82) is 0 Å². The Morgan fingerprint density at radius 3 is 2.50 bits per heavy atom. The average molecular weight is 462 g/mol. The largest absolute Gasteiger partial charge is 0.469 e. The van der Waals surface area contributed by atoms with Gasteiger partial charge < -0.3 is 8.98 Å². The van der Waals surface area contributed by atoms with Crippen LogP contribution in [0.4, 0.5) is 14.5 Å². The normalized spacial score (nSPS) is 11.2. The van der Waals surface area contributed by atoms with Crippen LogP contribution < -0.4 is 5.56 Å². The highest BCUT2D eigenvalue weighted by molar-refractivity contribution is 5.50. The molecule has 8 nitrogen and oxygen atoms in total. The molecule has 0 spiro atoms. The van der Waals surface area contributed by atoms with Crippen molar-refractivity contribution >= 4 is 5.69 Å². The van der Waals surface area contributed by atoms with Crippen molar-refractivity contribution in [2.75, 3.05) is 0 Å². The van der Waals surface area contributed by atoms with Gasteiger partial charge >= 0.3 is 5.69 Å². The van der Waals surface area contributed by atoms with Crippen LogP contribution in [0.15, 0.2) is 82.5 Å². The molecule has 0 N–H and O–H groups in total. The van der Waals surface area contributed by atoms with E-state index in [1.807, 2.05) is 0 Å². The Morgan fingerprint density at radius 1 is 0.971 bits per heavy atom. The number of furan rings is 1. The number of fused-ring (bicyclic) bond motifs is 1. The highest BCUT2D eigenvalue weighted by Gasteiger charge is 2.25. The lowest BCUT2D eigenvalue weighted by Crippen LogP contribution is -2.20. The summed E-state index contributed by atoms with van der Waals surface area (Å²) in [6.07, 6.45) is 4.39. The Bertz CT molecular complexity index is 1540. The number of benzene rings is 2. The lowest BCUT2D eigenvalue weighted by molar-refractivity contribution is -0.387. The van der Waals surface area contributed by atoms with Gasteiger partial charge in [0.05, 0.1) is 29.0 Å². The molecule has 0 bridgehead atoms. The van der Waals surface area contributed by atoms with Crippen LogP contribution in [0.3, 0.4) is 0 Å². The van der Waals surface area contributed by atoms with Crippen molar-refractivity contribution in [3.8, 4) is 11.5 Å². The van der Waals surface area contributed by atoms with Crippen LogP contribution in [0.2, 0.25) is 0 Å². The highest BCUT2D eigenvalue weighted by Crippen LogP contribution is 2.28. The summed E-state index contributed by atoms with van der Waals surface area (Å²) in [5, 5.41) is 11.3. The zero-order valence-corrected chi connectivity index (χ0v) is 17.5. The fourth-order valence-electron chi connectivity index (χ4n) is 3.88. The Kier molecular flexibility index (Phi) is 5.25. The van der Waals surface area contributed by atoms with Crippen LogP contribution in [-0.2, 0) is 12.8 Å². The van der Waals surface area contributed by atoms with Crippen molar-refractivity contribution < 1.29 is 18.1 Å². The van der Waals surface area contributed by atoms with E-state index in [4.69, 9.17) is 4.42 Å². The molecule has 0 fully saturated rings. The number of nitrogens with zero attached hydrogens (tertiary/aromatic N) is 4. The van der Waals surface area contributed by atoms with Gasteiger partial charge in [0.2, 0.25) is 5.82 Å². The Morgan fingerprint density at radius 2 is 1.76 bits per heavy atom. The van der Waals surface area contributed by atoms with E-state index in [1.165, 1.54) is 46.0 Å². The summed E-state index contributed by atoms with van der Waals surface area (Å²) >= 11 is 0. The van der Waals surface area contributed by atoms with E-state index in [9.17, 15) is 19.3 Å². The Labute approximate surface area is 190 Å². The number of hydrogen-bond donors (Lipinski definition) is 0. The quantitative estimate of drug-likeness (QED) is 0.275. The minimum Gasteiger partial charge on any atom is -0.469 e. The third-order valence-corrected chi connectivity index (χ3v) is 5.50. The number of nitro groups is 1. The maximum Gasteiger partial charge on any atom is 0.306 e. The SMILES string of the molecule is O=c1c(Cc2ccco2)nc2c(Cc3ccccc3F)n(-c3cccc([N+](=O)[O-])c3F)ccn1-2. The monoisotopic (exact) mass is 462 g/mol. The summed E-state index contributed by atoms with van der Waals surface area (Å²) in [5.74, 6) is -0.821. The molecule has 170 valence electrons. The topological polar surface area (TPSA) is 96.1 Å². The standard InChI is InChI=1S/C24H16F2N4O4/c25-17-7-2-1-5-15(17)13-21-23-27-18(14-16-6-4-12-34-16)24(31)29(23)11-10-28(21)19-8-3-9-20(22(19)26)30(32)33/h1-12H,13-14H2. The van der Waals surface area contributed by atoms with E-state index in [1.54, 1.807) is 30.3 Å². The summed E-state index contributed by atoms with van der Waals surface area (Å²) in [6, 6.07) is 13.2. The molecule has 0 unspecified atom stereocenters. The minimum absolute atomic E-state index is 0.0458. The Hall–Kier alpha value is -4.60. The van der Waals surface area contributed by atoms with Crippen molar-refractivity contribution in [2.24, 2.45) is 0 Å². The van der Waals surface area contributed by atoms with Crippen molar-refractivity contribution in [3.63, 3.8) is 0 Å². The molecule has 5 rings (SSSR count). The predicted molar refractivity (Wildman–Crippen MR) is 118 cm³/mol. The molecule has 34 heavy (non-hydrogen) atoms. The van der Waals surface area contributed by atoms with E-state index >= 15 is 4.39 Å². The van der Waals surface area contributed by atoms with Gasteiger partial charge in [0.15, 0.2) is 5.82 Å². The second kappa shape index (κ2) is 8.39. The average Bonchev–Trinajstić information content (AvgIpc) is 3.44. The fourth-order valence-corrected chi connectivity index (χ4v) is 3.88. The Balaban J connectivity index is 1.74. The first-order valence-corrected chi connectivity index (χ1v) is 10.2. The van der Waals surface area contributed by atoms with Crippen LogP contribution in [0.1, 0.15) is 22.7 Å². The van der Waals surface area contributed by atoms with Crippen LogP contribution in [0.25, 0.3) is 11.5 Å². The molecule has 1 aromatic heterocycles. The first-order valence-electron chi connectivity index (χ1n) is 10.2. The molecule has 0 saturated heterocycles. The van der Waals surface area contributed by atoms with Gasteiger partial charge in [0.1, 0.15) is 17.3 Å². The number of imidazole rings is 1. The van der Waals surface area contributed by atoms with E-state index in [2.05, 4.69) is 4.98 Å². The third-order valence-electron chi connectivity index (χ3n) is 5.50. The smallest absolute Gasteiger partial charge is 0.306 e. The van der Waals surface area contributed by atoms with Crippen molar-refractivity contribution in [2.45, 2.75) is 12.8 Å². The highest BCUT2D eigenvalue weighted by atomic mass is 19.1. The van der Waals surface area contributed by atoms with Gasteiger partial charge in [-0.15, -0.1) is 0 Å². The van der Waals surface area contributed by atoms with Crippen molar-refractivity contribution in [3.05, 3.63) is 128 Å². The molecular weight excluding hydrogens is 446 g/mol. The maximum absolute atomic E-state index is 15.1. The van der Waals surface area contributed by atoms with Gasteiger partial charge in [-0.25, -0.2) is 9.37 Å². The lowest BCUT2D eigenvalue weighted by atomic mass is 10.1. The van der Waals surface area contributed by atoms with Gasteiger partial charge in [-0.2, -0.15) is 4.39 Å². The van der Waals surface area contributed by atoms with Gasteiger partial charge in [-0.3, -0.25) is 19.5 Å². The van der Waals surface area contributed by atoms with E-state index in [0.717, 1.165) is 6.07 Å². The molecular formula is C24H16F2N4O4. The number of aromatic nitrogens is 3. The zero-order valence-electron chi connectivity index (χ0n) is 17.5. The maximum atomic E-state index is 15.1. The minimum atomic E-state index is -1.05. The molecule has 0 aliphatic carbocycles. The summed E-state index contributed by atoms with van der Waals surface area (Å²) < 4.78 is 37.6. The zero-order chi connectivity index (χ0) is 23.8. The fraction of sp³-hybridized carbons (Fsp3) is 0.0833. The summed E-state index contributed by atoms with van der Waals surface area (Å²) in [6.45, 7) is 0. The third kappa shape index (κ3) is 3.64. The number of rotatable bonds is 6. The van der Waals surface area contributed by atoms with Crippen LogP contribution >= 0.6 is 0 Å². The molecule has 3 heterocycles. The first kappa shape index (κ1) is 21.3.